The number of aryl methyl sites for hydroxylation is 1. The predicted octanol–water partition coefficient (Wildman–Crippen LogP) is 5.34. The van der Waals surface area contributed by atoms with Crippen LogP contribution in [-0.4, -0.2) is 21.8 Å². The third kappa shape index (κ3) is 5.32. The third-order valence-corrected chi connectivity index (χ3v) is 5.81. The number of carbonyl (C=O) groups excluding carboxylic acids is 2. The maximum atomic E-state index is 12.8. The molecule has 3 aromatic rings. The van der Waals surface area contributed by atoms with Gasteiger partial charge in [-0.25, -0.2) is 4.79 Å². The van der Waals surface area contributed by atoms with Gasteiger partial charge in [0, 0.05) is 12.1 Å². The summed E-state index contributed by atoms with van der Waals surface area (Å²) in [5.74, 6) is 0.185. The van der Waals surface area contributed by atoms with Crippen LogP contribution in [0.15, 0.2) is 76.9 Å². The lowest BCUT2D eigenvalue weighted by Crippen LogP contribution is -2.30. The van der Waals surface area contributed by atoms with Gasteiger partial charge in [0.2, 0.25) is 0 Å². The molecule has 0 bridgehead atoms. The van der Waals surface area contributed by atoms with E-state index in [0.717, 1.165) is 16.7 Å². The zero-order chi connectivity index (χ0) is 24.2. The average molecular weight is 522 g/mol. The summed E-state index contributed by atoms with van der Waals surface area (Å²) >= 11 is 3.46. The number of ether oxygens (including phenoxy) is 1. The number of rotatable bonds is 7. The van der Waals surface area contributed by atoms with E-state index >= 15 is 0 Å². The highest BCUT2D eigenvalue weighted by molar-refractivity contribution is 9.10. The molecule has 0 aromatic heterocycles. The second-order valence-corrected chi connectivity index (χ2v) is 8.62. The number of amides is 3. The van der Waals surface area contributed by atoms with Crippen molar-refractivity contribution >= 4 is 39.6 Å². The van der Waals surface area contributed by atoms with Gasteiger partial charge >= 0.3 is 6.03 Å². The Labute approximate surface area is 204 Å². The van der Waals surface area contributed by atoms with Gasteiger partial charge in [-0.1, -0.05) is 35.9 Å². The van der Waals surface area contributed by atoms with E-state index in [4.69, 9.17) is 4.74 Å². The maximum absolute atomic E-state index is 12.8. The molecule has 0 atom stereocenters. The minimum absolute atomic E-state index is 0.0216. The largest absolute Gasteiger partial charge is 0.488 e. The number of halogens is 1. The van der Waals surface area contributed by atoms with Gasteiger partial charge in [-0.05, 0) is 69.9 Å². The van der Waals surface area contributed by atoms with Gasteiger partial charge in [-0.3, -0.25) is 19.8 Å². The Morgan fingerprint density at radius 1 is 1.06 bits per heavy atom. The molecule has 1 N–H and O–H groups in total. The molecule has 1 fully saturated rings. The minimum Gasteiger partial charge on any atom is -0.488 e. The summed E-state index contributed by atoms with van der Waals surface area (Å²) in [6.45, 7) is 2.39. The molecule has 172 valence electrons. The first-order valence-electron chi connectivity index (χ1n) is 10.4. The Morgan fingerprint density at radius 3 is 2.50 bits per heavy atom. The maximum Gasteiger partial charge on any atom is 0.329 e. The van der Waals surface area contributed by atoms with Crippen molar-refractivity contribution < 1.29 is 19.2 Å². The number of nitrogens with zero attached hydrogens (tertiary/aromatic N) is 2. The highest BCUT2D eigenvalue weighted by atomic mass is 79.9. The van der Waals surface area contributed by atoms with E-state index in [1.165, 1.54) is 17.0 Å². The van der Waals surface area contributed by atoms with Crippen LogP contribution in [-0.2, 0) is 17.9 Å². The van der Waals surface area contributed by atoms with Gasteiger partial charge in [0.1, 0.15) is 18.1 Å². The second-order valence-electron chi connectivity index (χ2n) is 7.77. The fraction of sp³-hybridized carbons (Fsp3) is 0.120. The van der Waals surface area contributed by atoms with Gasteiger partial charge in [0.15, 0.2) is 0 Å². The van der Waals surface area contributed by atoms with Crippen LogP contribution in [0.3, 0.4) is 0 Å². The number of nitro benzene ring substituents is 1. The molecule has 3 amide bonds. The molecular formula is C25H20BrN3O5. The molecule has 1 aliphatic heterocycles. The molecule has 1 heterocycles. The van der Waals surface area contributed by atoms with Crippen molar-refractivity contribution in [2.24, 2.45) is 0 Å². The lowest BCUT2D eigenvalue weighted by atomic mass is 10.1. The van der Waals surface area contributed by atoms with Crippen LogP contribution in [0.1, 0.15) is 22.3 Å². The molecule has 0 radical (unpaired) electrons. The SMILES string of the molecule is Cc1cccc(CN2C(=O)N/C(=C/c3ccc(OCc4ccc([N+](=O)[O-])cc4)c(Br)c3)C2=O)c1. The highest BCUT2D eigenvalue weighted by Gasteiger charge is 2.33. The summed E-state index contributed by atoms with van der Waals surface area (Å²) in [4.78, 5) is 36.6. The monoisotopic (exact) mass is 521 g/mol. The first-order valence-corrected chi connectivity index (χ1v) is 11.2. The zero-order valence-corrected chi connectivity index (χ0v) is 19.7. The van der Waals surface area contributed by atoms with Gasteiger partial charge in [0.25, 0.3) is 11.6 Å². The number of nitro groups is 1. The summed E-state index contributed by atoms with van der Waals surface area (Å²) < 4.78 is 6.46. The Morgan fingerprint density at radius 2 is 1.82 bits per heavy atom. The topological polar surface area (TPSA) is 102 Å². The summed E-state index contributed by atoms with van der Waals surface area (Å²) in [6.07, 6.45) is 1.61. The van der Waals surface area contributed by atoms with Crippen molar-refractivity contribution in [3.05, 3.63) is 109 Å². The molecule has 34 heavy (non-hydrogen) atoms. The Bertz CT molecular complexity index is 1300. The van der Waals surface area contributed by atoms with Crippen molar-refractivity contribution in [2.75, 3.05) is 0 Å². The fourth-order valence-electron chi connectivity index (χ4n) is 3.47. The van der Waals surface area contributed by atoms with Crippen LogP contribution in [0.2, 0.25) is 0 Å². The second kappa shape index (κ2) is 9.88. The van der Waals surface area contributed by atoms with Crippen molar-refractivity contribution in [1.29, 1.82) is 0 Å². The molecule has 4 rings (SSSR count). The lowest BCUT2D eigenvalue weighted by Gasteiger charge is -2.12. The van der Waals surface area contributed by atoms with Crippen molar-refractivity contribution in [3.8, 4) is 5.75 Å². The number of urea groups is 1. The molecule has 0 saturated carbocycles. The van der Waals surface area contributed by atoms with E-state index in [9.17, 15) is 19.7 Å². The van der Waals surface area contributed by atoms with Crippen molar-refractivity contribution in [1.82, 2.24) is 10.2 Å². The van der Waals surface area contributed by atoms with Gasteiger partial charge in [0.05, 0.1) is 15.9 Å². The average Bonchev–Trinajstić information content (AvgIpc) is 3.06. The Balaban J connectivity index is 1.43. The number of hydrogen-bond donors (Lipinski definition) is 1. The number of imide groups is 1. The summed E-state index contributed by atoms with van der Waals surface area (Å²) in [7, 11) is 0. The molecule has 8 nitrogen and oxygen atoms in total. The van der Waals surface area contributed by atoms with Gasteiger partial charge in [-0.2, -0.15) is 0 Å². The summed E-state index contributed by atoms with van der Waals surface area (Å²) in [5, 5.41) is 13.4. The van der Waals surface area contributed by atoms with E-state index < -0.39 is 11.0 Å². The van der Waals surface area contributed by atoms with Gasteiger partial charge in [-0.15, -0.1) is 0 Å². The van der Waals surface area contributed by atoms with E-state index in [1.807, 2.05) is 31.2 Å². The first kappa shape index (κ1) is 23.2. The summed E-state index contributed by atoms with van der Waals surface area (Å²) in [5.41, 5.74) is 3.65. The molecule has 0 unspecified atom stereocenters. The van der Waals surface area contributed by atoms with Crippen LogP contribution in [0.25, 0.3) is 6.08 Å². The first-order chi connectivity index (χ1) is 16.3. The Kier molecular flexibility index (Phi) is 6.74. The minimum atomic E-state index is -0.458. The number of nitrogens with one attached hydrogen (secondary N) is 1. The van der Waals surface area contributed by atoms with Crippen LogP contribution in [0.5, 0.6) is 5.75 Å². The standard InChI is InChI=1S/C25H20BrN3O5/c1-16-3-2-4-19(11-16)14-28-24(30)22(27-25(28)31)13-18-7-10-23(21(26)12-18)34-15-17-5-8-20(9-6-17)29(32)33/h2-13H,14-15H2,1H3,(H,27,31)/b22-13+. The summed E-state index contributed by atoms with van der Waals surface area (Å²) in [6, 6.07) is 18.6. The molecule has 1 saturated heterocycles. The quantitative estimate of drug-likeness (QED) is 0.196. The number of non-ortho nitro benzene ring substituents is 1. The van der Waals surface area contributed by atoms with E-state index in [0.29, 0.717) is 15.8 Å². The smallest absolute Gasteiger partial charge is 0.329 e. The fourth-order valence-corrected chi connectivity index (χ4v) is 3.98. The van der Waals surface area contributed by atoms with E-state index in [1.54, 1.807) is 36.4 Å². The third-order valence-electron chi connectivity index (χ3n) is 5.19. The molecular weight excluding hydrogens is 502 g/mol. The normalized spacial score (nSPS) is 14.4. The molecule has 0 spiro atoms. The van der Waals surface area contributed by atoms with Crippen LogP contribution < -0.4 is 10.1 Å². The highest BCUT2D eigenvalue weighted by Crippen LogP contribution is 2.28. The number of benzene rings is 3. The van der Waals surface area contributed by atoms with E-state index in [-0.39, 0.29) is 30.4 Å². The van der Waals surface area contributed by atoms with Gasteiger partial charge < -0.3 is 10.1 Å². The lowest BCUT2D eigenvalue weighted by molar-refractivity contribution is -0.384. The molecule has 1 aliphatic rings. The molecule has 0 aliphatic carbocycles. The number of carbonyl (C=O) groups is 2. The molecule has 3 aromatic carbocycles. The Hall–Kier alpha value is -3.98. The zero-order valence-electron chi connectivity index (χ0n) is 18.2. The van der Waals surface area contributed by atoms with Crippen LogP contribution in [0, 0.1) is 17.0 Å². The van der Waals surface area contributed by atoms with Crippen molar-refractivity contribution in [2.45, 2.75) is 20.1 Å². The number of hydrogen-bond acceptors (Lipinski definition) is 5. The molecule has 9 heteroatoms. The van der Waals surface area contributed by atoms with Crippen molar-refractivity contribution in [3.63, 3.8) is 0 Å². The van der Waals surface area contributed by atoms with E-state index in [2.05, 4.69) is 21.2 Å². The van der Waals surface area contributed by atoms with Crippen LogP contribution in [0.4, 0.5) is 10.5 Å². The van der Waals surface area contributed by atoms with Crippen LogP contribution >= 0.6 is 15.9 Å². The predicted molar refractivity (Wildman–Crippen MR) is 130 cm³/mol.